The van der Waals surface area contributed by atoms with E-state index in [9.17, 15) is 9.59 Å². The molecule has 1 aliphatic heterocycles. The number of urea groups is 1. The SMILES string of the molecule is CCOc1cc(/C=C2\NC(=O)NC2=O)cc(Cl)c1O[C@@H](C)CC. The summed E-state index contributed by atoms with van der Waals surface area (Å²) in [7, 11) is 0. The van der Waals surface area contributed by atoms with Gasteiger partial charge in [-0.2, -0.15) is 0 Å². The van der Waals surface area contributed by atoms with Crippen LogP contribution in [0.4, 0.5) is 4.79 Å². The number of benzene rings is 1. The van der Waals surface area contributed by atoms with Gasteiger partial charge < -0.3 is 14.8 Å². The van der Waals surface area contributed by atoms with E-state index in [4.69, 9.17) is 21.1 Å². The van der Waals surface area contributed by atoms with Gasteiger partial charge in [0, 0.05) is 0 Å². The van der Waals surface area contributed by atoms with Gasteiger partial charge in [0.25, 0.3) is 5.91 Å². The second-order valence-corrected chi connectivity index (χ2v) is 5.47. The Kier molecular flexibility index (Phi) is 5.50. The molecule has 1 saturated heterocycles. The predicted molar refractivity (Wildman–Crippen MR) is 87.7 cm³/mol. The third kappa shape index (κ3) is 4.16. The van der Waals surface area contributed by atoms with E-state index in [1.54, 1.807) is 12.1 Å². The zero-order chi connectivity index (χ0) is 17.0. The summed E-state index contributed by atoms with van der Waals surface area (Å²) in [6.45, 7) is 6.26. The lowest BCUT2D eigenvalue weighted by molar-refractivity contribution is -0.115. The molecule has 3 amide bonds. The Balaban J connectivity index is 2.37. The number of carbonyl (C=O) groups excluding carboxylic acids is 2. The van der Waals surface area contributed by atoms with Crippen molar-refractivity contribution in [2.75, 3.05) is 6.61 Å². The van der Waals surface area contributed by atoms with E-state index in [0.29, 0.717) is 28.7 Å². The normalized spacial score (nSPS) is 17.0. The number of rotatable bonds is 6. The molecule has 6 nitrogen and oxygen atoms in total. The van der Waals surface area contributed by atoms with Crippen molar-refractivity contribution in [2.45, 2.75) is 33.3 Å². The lowest BCUT2D eigenvalue weighted by Gasteiger charge is -2.18. The number of halogens is 1. The first-order chi connectivity index (χ1) is 10.9. The van der Waals surface area contributed by atoms with E-state index in [1.807, 2.05) is 20.8 Å². The van der Waals surface area contributed by atoms with Crippen LogP contribution in [0, 0.1) is 0 Å². The number of hydrogen-bond acceptors (Lipinski definition) is 4. The number of hydrogen-bond donors (Lipinski definition) is 2. The van der Waals surface area contributed by atoms with Crippen molar-refractivity contribution in [1.29, 1.82) is 0 Å². The summed E-state index contributed by atoms with van der Waals surface area (Å²) in [5.41, 5.74) is 0.784. The maximum Gasteiger partial charge on any atom is 0.326 e. The minimum absolute atomic E-state index is 0.00388. The van der Waals surface area contributed by atoms with E-state index in [-0.39, 0.29) is 11.8 Å². The summed E-state index contributed by atoms with van der Waals surface area (Å²) in [6.07, 6.45) is 2.36. The van der Waals surface area contributed by atoms with E-state index in [1.165, 1.54) is 6.08 Å². The fraction of sp³-hybridized carbons (Fsp3) is 0.375. The first-order valence-electron chi connectivity index (χ1n) is 7.41. The first-order valence-corrected chi connectivity index (χ1v) is 7.79. The van der Waals surface area contributed by atoms with Crippen LogP contribution in [0.25, 0.3) is 6.08 Å². The molecular formula is C16H19ClN2O4. The highest BCUT2D eigenvalue weighted by molar-refractivity contribution is 6.32. The Morgan fingerprint density at radius 3 is 2.57 bits per heavy atom. The summed E-state index contributed by atoms with van der Waals surface area (Å²) in [5.74, 6) is 0.492. The van der Waals surface area contributed by atoms with Gasteiger partial charge in [-0.15, -0.1) is 0 Å². The van der Waals surface area contributed by atoms with Gasteiger partial charge in [-0.3, -0.25) is 10.1 Å². The summed E-state index contributed by atoms with van der Waals surface area (Å²) < 4.78 is 11.4. The molecule has 0 radical (unpaired) electrons. The van der Waals surface area contributed by atoms with Gasteiger partial charge >= 0.3 is 6.03 Å². The van der Waals surface area contributed by atoms with Crippen molar-refractivity contribution in [2.24, 2.45) is 0 Å². The number of amides is 3. The van der Waals surface area contributed by atoms with Gasteiger partial charge in [-0.05, 0) is 44.0 Å². The minimum Gasteiger partial charge on any atom is -0.490 e. The zero-order valence-electron chi connectivity index (χ0n) is 13.2. The van der Waals surface area contributed by atoms with Crippen LogP contribution in [0.2, 0.25) is 5.02 Å². The van der Waals surface area contributed by atoms with Crippen molar-refractivity contribution in [1.82, 2.24) is 10.6 Å². The minimum atomic E-state index is -0.547. The lowest BCUT2D eigenvalue weighted by atomic mass is 10.1. The Morgan fingerprint density at radius 1 is 1.26 bits per heavy atom. The fourth-order valence-electron chi connectivity index (χ4n) is 1.98. The zero-order valence-corrected chi connectivity index (χ0v) is 14.0. The Morgan fingerprint density at radius 2 is 2.00 bits per heavy atom. The van der Waals surface area contributed by atoms with Gasteiger partial charge in [-0.1, -0.05) is 18.5 Å². The summed E-state index contributed by atoms with van der Waals surface area (Å²) in [4.78, 5) is 22.7. The maximum atomic E-state index is 11.6. The van der Waals surface area contributed by atoms with Crippen LogP contribution in [-0.4, -0.2) is 24.6 Å². The van der Waals surface area contributed by atoms with E-state index >= 15 is 0 Å². The highest BCUT2D eigenvalue weighted by Gasteiger charge is 2.23. The number of ether oxygens (including phenoxy) is 2. The molecule has 124 valence electrons. The number of carbonyl (C=O) groups is 2. The average molecular weight is 339 g/mol. The van der Waals surface area contributed by atoms with Crippen molar-refractivity contribution in [3.63, 3.8) is 0 Å². The topological polar surface area (TPSA) is 76.7 Å². The Hall–Kier alpha value is -2.21. The lowest BCUT2D eigenvalue weighted by Crippen LogP contribution is -2.22. The molecule has 1 fully saturated rings. The molecule has 23 heavy (non-hydrogen) atoms. The van der Waals surface area contributed by atoms with E-state index < -0.39 is 11.9 Å². The van der Waals surface area contributed by atoms with Gasteiger partial charge in [-0.25, -0.2) is 4.79 Å². The van der Waals surface area contributed by atoms with Crippen molar-refractivity contribution in [3.8, 4) is 11.5 Å². The fourth-order valence-corrected chi connectivity index (χ4v) is 2.25. The van der Waals surface area contributed by atoms with Crippen molar-refractivity contribution in [3.05, 3.63) is 28.4 Å². The van der Waals surface area contributed by atoms with Gasteiger partial charge in [0.1, 0.15) is 5.70 Å². The van der Waals surface area contributed by atoms with Crippen LogP contribution in [0.15, 0.2) is 17.8 Å². The van der Waals surface area contributed by atoms with Crippen LogP contribution in [0.1, 0.15) is 32.8 Å². The van der Waals surface area contributed by atoms with Crippen LogP contribution in [0.5, 0.6) is 11.5 Å². The first kappa shape index (κ1) is 17.1. The number of imide groups is 1. The molecule has 1 aromatic rings. The Labute approximate surface area is 139 Å². The van der Waals surface area contributed by atoms with Crippen LogP contribution in [0.3, 0.4) is 0 Å². The molecule has 0 unspecified atom stereocenters. The van der Waals surface area contributed by atoms with E-state index in [0.717, 1.165) is 6.42 Å². The molecule has 1 atom stereocenters. The molecule has 7 heteroatoms. The van der Waals surface area contributed by atoms with Crippen LogP contribution in [-0.2, 0) is 4.79 Å². The van der Waals surface area contributed by atoms with Gasteiger partial charge in [0.15, 0.2) is 11.5 Å². The predicted octanol–water partition coefficient (Wildman–Crippen LogP) is 3.10. The largest absolute Gasteiger partial charge is 0.490 e. The van der Waals surface area contributed by atoms with Crippen molar-refractivity contribution >= 4 is 29.6 Å². The standard InChI is InChI=1S/C16H19ClN2O4/c1-4-9(3)23-14-11(17)6-10(8-13(14)22-5-2)7-12-15(20)19-16(21)18-12/h6-9H,4-5H2,1-3H3,(H2,18,19,20,21)/b12-7-/t9-/m0/s1. The van der Waals surface area contributed by atoms with Gasteiger partial charge in [0.05, 0.1) is 17.7 Å². The average Bonchev–Trinajstić information content (AvgIpc) is 2.80. The third-order valence-corrected chi connectivity index (χ3v) is 3.54. The monoisotopic (exact) mass is 338 g/mol. The highest BCUT2D eigenvalue weighted by Crippen LogP contribution is 2.38. The summed E-state index contributed by atoms with van der Waals surface area (Å²) >= 11 is 6.30. The number of nitrogens with one attached hydrogen (secondary N) is 2. The van der Waals surface area contributed by atoms with Crippen LogP contribution < -0.4 is 20.1 Å². The Bertz CT molecular complexity index is 658. The molecule has 0 aliphatic carbocycles. The molecular weight excluding hydrogens is 320 g/mol. The maximum absolute atomic E-state index is 11.6. The van der Waals surface area contributed by atoms with Crippen molar-refractivity contribution < 1.29 is 19.1 Å². The third-order valence-electron chi connectivity index (χ3n) is 3.26. The molecule has 1 heterocycles. The molecule has 2 N–H and O–H groups in total. The second kappa shape index (κ2) is 7.37. The smallest absolute Gasteiger partial charge is 0.326 e. The molecule has 0 spiro atoms. The molecule has 0 bridgehead atoms. The summed E-state index contributed by atoms with van der Waals surface area (Å²) in [6, 6.07) is 2.83. The molecule has 1 aliphatic rings. The summed E-state index contributed by atoms with van der Waals surface area (Å²) in [5, 5.41) is 4.95. The van der Waals surface area contributed by atoms with Gasteiger partial charge in [0.2, 0.25) is 0 Å². The molecule has 0 aromatic heterocycles. The molecule has 0 saturated carbocycles. The molecule has 2 rings (SSSR count). The highest BCUT2D eigenvalue weighted by atomic mass is 35.5. The molecule has 1 aromatic carbocycles. The quantitative estimate of drug-likeness (QED) is 0.617. The van der Waals surface area contributed by atoms with Crippen LogP contribution >= 0.6 is 11.6 Å². The van der Waals surface area contributed by atoms with E-state index in [2.05, 4.69) is 10.6 Å². The second-order valence-electron chi connectivity index (χ2n) is 5.07.